The van der Waals surface area contributed by atoms with Gasteiger partial charge in [0, 0.05) is 11.3 Å². The molecule has 3 atom stereocenters. The van der Waals surface area contributed by atoms with Gasteiger partial charge in [-0.05, 0) is 62.9 Å². The molecule has 1 N–H and O–H groups in total. The summed E-state index contributed by atoms with van der Waals surface area (Å²) < 4.78 is 0. The Morgan fingerprint density at radius 2 is 1.74 bits per heavy atom. The first-order valence-electron chi connectivity index (χ1n) is 8.16. The first kappa shape index (κ1) is 15.0. The molecule has 2 heteroatoms. The number of rotatable bonds is 3. The zero-order valence-corrected chi connectivity index (χ0v) is 13.2. The van der Waals surface area contributed by atoms with Crippen molar-refractivity contribution < 1.29 is 4.79 Å². The molecule has 1 heterocycles. The minimum Gasteiger partial charge on any atom is -0.316 e. The fourth-order valence-corrected chi connectivity index (χ4v) is 4.36. The number of piperidine rings is 1. The van der Waals surface area contributed by atoms with Crippen LogP contribution in [0, 0.1) is 29.1 Å². The summed E-state index contributed by atoms with van der Waals surface area (Å²) >= 11 is 0. The summed E-state index contributed by atoms with van der Waals surface area (Å²) in [4.78, 5) is 13.0. The second-order valence-corrected chi connectivity index (χ2v) is 7.74. The molecule has 0 aromatic carbocycles. The Balaban J connectivity index is 2.04. The van der Waals surface area contributed by atoms with Gasteiger partial charge >= 0.3 is 0 Å². The van der Waals surface area contributed by atoms with Gasteiger partial charge in [0.1, 0.15) is 5.78 Å². The molecule has 0 aromatic rings. The van der Waals surface area contributed by atoms with Crippen molar-refractivity contribution in [1.82, 2.24) is 5.32 Å². The van der Waals surface area contributed by atoms with Crippen molar-refractivity contribution in [2.45, 2.75) is 59.8 Å². The van der Waals surface area contributed by atoms with E-state index in [1.54, 1.807) is 0 Å². The lowest BCUT2D eigenvalue weighted by Gasteiger charge is -2.40. The average molecular weight is 265 g/mol. The lowest BCUT2D eigenvalue weighted by molar-refractivity contribution is -0.136. The van der Waals surface area contributed by atoms with E-state index in [4.69, 9.17) is 0 Å². The molecule has 2 aliphatic rings. The molecule has 0 radical (unpaired) electrons. The minimum atomic E-state index is -0.144. The molecule has 2 nitrogen and oxygen atoms in total. The normalized spacial score (nSPS) is 37.1. The first-order chi connectivity index (χ1) is 8.91. The van der Waals surface area contributed by atoms with E-state index in [9.17, 15) is 4.79 Å². The highest BCUT2D eigenvalue weighted by molar-refractivity contribution is 5.86. The van der Waals surface area contributed by atoms with Crippen molar-refractivity contribution in [3.05, 3.63) is 0 Å². The maximum absolute atomic E-state index is 13.0. The van der Waals surface area contributed by atoms with Gasteiger partial charge in [0.2, 0.25) is 0 Å². The van der Waals surface area contributed by atoms with Crippen LogP contribution in [0.5, 0.6) is 0 Å². The van der Waals surface area contributed by atoms with Gasteiger partial charge < -0.3 is 5.32 Å². The molecule has 1 aliphatic heterocycles. The SMILES string of the molecule is CC1CC(C)CC(C(=O)C(C)(C)C2CCCNC2)C1. The largest absolute Gasteiger partial charge is 0.316 e. The molecule has 1 aliphatic carbocycles. The van der Waals surface area contributed by atoms with Gasteiger partial charge in [0.15, 0.2) is 0 Å². The van der Waals surface area contributed by atoms with Crippen LogP contribution >= 0.6 is 0 Å². The third-order valence-corrected chi connectivity index (χ3v) is 5.50. The predicted octanol–water partition coefficient (Wildman–Crippen LogP) is 3.65. The van der Waals surface area contributed by atoms with Gasteiger partial charge in [0.05, 0.1) is 0 Å². The smallest absolute Gasteiger partial charge is 0.141 e. The topological polar surface area (TPSA) is 29.1 Å². The number of Topliss-reactive ketones (excluding diaryl/α,β-unsaturated/α-hetero) is 1. The molecular weight excluding hydrogens is 234 g/mol. The quantitative estimate of drug-likeness (QED) is 0.844. The van der Waals surface area contributed by atoms with Crippen molar-refractivity contribution in [3.63, 3.8) is 0 Å². The molecule has 2 fully saturated rings. The Morgan fingerprint density at radius 3 is 2.26 bits per heavy atom. The van der Waals surface area contributed by atoms with Crippen molar-refractivity contribution in [2.75, 3.05) is 13.1 Å². The molecule has 2 rings (SSSR count). The van der Waals surface area contributed by atoms with E-state index in [2.05, 4.69) is 33.0 Å². The third-order valence-electron chi connectivity index (χ3n) is 5.50. The van der Waals surface area contributed by atoms with Crippen molar-refractivity contribution in [2.24, 2.45) is 29.1 Å². The van der Waals surface area contributed by atoms with Crippen molar-refractivity contribution in [3.8, 4) is 0 Å². The number of carbonyl (C=O) groups is 1. The van der Waals surface area contributed by atoms with Gasteiger partial charge in [-0.3, -0.25) is 4.79 Å². The highest BCUT2D eigenvalue weighted by atomic mass is 16.1. The second-order valence-electron chi connectivity index (χ2n) is 7.74. The van der Waals surface area contributed by atoms with Crippen LogP contribution in [0.4, 0.5) is 0 Å². The van der Waals surface area contributed by atoms with Gasteiger partial charge in [-0.1, -0.05) is 27.7 Å². The fourth-order valence-electron chi connectivity index (χ4n) is 4.36. The van der Waals surface area contributed by atoms with E-state index in [-0.39, 0.29) is 5.41 Å². The maximum Gasteiger partial charge on any atom is 0.141 e. The first-order valence-corrected chi connectivity index (χ1v) is 8.16. The maximum atomic E-state index is 13.0. The van der Waals surface area contributed by atoms with Gasteiger partial charge in [-0.2, -0.15) is 0 Å². The third kappa shape index (κ3) is 3.39. The molecule has 19 heavy (non-hydrogen) atoms. The zero-order chi connectivity index (χ0) is 14.0. The van der Waals surface area contributed by atoms with Crippen LogP contribution in [-0.4, -0.2) is 18.9 Å². The number of ketones is 1. The molecular formula is C17H31NO. The van der Waals surface area contributed by atoms with Crippen LogP contribution in [0.1, 0.15) is 59.8 Å². The summed E-state index contributed by atoms with van der Waals surface area (Å²) in [5.41, 5.74) is -0.144. The lowest BCUT2D eigenvalue weighted by Crippen LogP contribution is -2.45. The predicted molar refractivity (Wildman–Crippen MR) is 80.1 cm³/mol. The lowest BCUT2D eigenvalue weighted by atomic mass is 9.64. The summed E-state index contributed by atoms with van der Waals surface area (Å²) in [5.74, 6) is 2.83. The number of hydrogen-bond acceptors (Lipinski definition) is 2. The number of nitrogens with one attached hydrogen (secondary N) is 1. The molecule has 1 saturated heterocycles. The van der Waals surface area contributed by atoms with Crippen LogP contribution in [0.2, 0.25) is 0 Å². The Labute approximate surface area is 118 Å². The Bertz CT molecular complexity index is 307. The fraction of sp³-hybridized carbons (Fsp3) is 0.941. The van der Waals surface area contributed by atoms with E-state index in [0.717, 1.165) is 37.8 Å². The van der Waals surface area contributed by atoms with Gasteiger partial charge in [-0.25, -0.2) is 0 Å². The molecule has 0 amide bonds. The molecule has 110 valence electrons. The summed E-state index contributed by atoms with van der Waals surface area (Å²) in [6, 6.07) is 0. The second kappa shape index (κ2) is 5.95. The van der Waals surface area contributed by atoms with Crippen LogP contribution < -0.4 is 5.32 Å². The van der Waals surface area contributed by atoms with Crippen LogP contribution in [0.25, 0.3) is 0 Å². The molecule has 0 spiro atoms. The van der Waals surface area contributed by atoms with E-state index in [1.807, 2.05) is 0 Å². The zero-order valence-electron chi connectivity index (χ0n) is 13.2. The molecule has 1 saturated carbocycles. The summed E-state index contributed by atoms with van der Waals surface area (Å²) in [6.45, 7) is 11.2. The van der Waals surface area contributed by atoms with E-state index >= 15 is 0 Å². The van der Waals surface area contributed by atoms with Gasteiger partial charge in [-0.15, -0.1) is 0 Å². The molecule has 3 unspecified atom stereocenters. The summed E-state index contributed by atoms with van der Waals surface area (Å²) in [6.07, 6.45) is 5.97. The Morgan fingerprint density at radius 1 is 1.11 bits per heavy atom. The minimum absolute atomic E-state index is 0.144. The van der Waals surface area contributed by atoms with E-state index in [0.29, 0.717) is 17.6 Å². The molecule has 0 aromatic heterocycles. The van der Waals surface area contributed by atoms with E-state index in [1.165, 1.54) is 19.3 Å². The van der Waals surface area contributed by atoms with Gasteiger partial charge in [0.25, 0.3) is 0 Å². The average Bonchev–Trinajstić information content (AvgIpc) is 2.37. The summed E-state index contributed by atoms with van der Waals surface area (Å²) in [5, 5.41) is 3.46. The molecule has 0 bridgehead atoms. The standard InChI is InChI=1S/C17H31NO/c1-12-8-13(2)10-14(9-12)16(19)17(3,4)15-6-5-7-18-11-15/h12-15,18H,5-11H2,1-4H3. The van der Waals surface area contributed by atoms with E-state index < -0.39 is 0 Å². The highest BCUT2D eigenvalue weighted by Gasteiger charge is 2.42. The van der Waals surface area contributed by atoms with Crippen molar-refractivity contribution >= 4 is 5.78 Å². The van der Waals surface area contributed by atoms with Crippen LogP contribution in [-0.2, 0) is 4.79 Å². The monoisotopic (exact) mass is 265 g/mol. The Hall–Kier alpha value is -0.370. The van der Waals surface area contributed by atoms with Crippen LogP contribution in [0.15, 0.2) is 0 Å². The summed E-state index contributed by atoms with van der Waals surface area (Å²) in [7, 11) is 0. The van der Waals surface area contributed by atoms with Crippen molar-refractivity contribution in [1.29, 1.82) is 0 Å². The van der Waals surface area contributed by atoms with Crippen LogP contribution in [0.3, 0.4) is 0 Å². The number of hydrogen-bond donors (Lipinski definition) is 1. The Kier molecular flexibility index (Phi) is 4.70. The number of carbonyl (C=O) groups excluding carboxylic acids is 1. The highest BCUT2D eigenvalue weighted by Crippen LogP contribution is 2.41.